The van der Waals surface area contributed by atoms with Crippen molar-refractivity contribution in [2.45, 2.75) is 31.8 Å². The lowest BCUT2D eigenvalue weighted by atomic mass is 10.0. The van der Waals surface area contributed by atoms with Crippen LogP contribution in [0, 0.1) is 5.82 Å². The van der Waals surface area contributed by atoms with E-state index in [0.717, 1.165) is 24.9 Å². The summed E-state index contributed by atoms with van der Waals surface area (Å²) in [5.41, 5.74) is 1.88. The Morgan fingerprint density at radius 3 is 2.77 bits per heavy atom. The SMILES string of the molecule is O=c1cc(CN2CCCC2Cc2c(F)cccc2Cl)nc2nc(-c3ccccc3)[nH]n12. The second kappa shape index (κ2) is 8.24. The Morgan fingerprint density at radius 1 is 1.13 bits per heavy atom. The molecular weight excluding hydrogens is 417 g/mol. The van der Waals surface area contributed by atoms with Crippen LogP contribution in [0.15, 0.2) is 59.4 Å². The van der Waals surface area contributed by atoms with Crippen molar-refractivity contribution in [1.82, 2.24) is 24.5 Å². The van der Waals surface area contributed by atoms with Gasteiger partial charge in [-0.2, -0.15) is 9.50 Å². The molecule has 0 saturated carbocycles. The van der Waals surface area contributed by atoms with Gasteiger partial charge in [0.2, 0.25) is 0 Å². The first kappa shape index (κ1) is 19.9. The molecule has 1 aliphatic heterocycles. The van der Waals surface area contributed by atoms with Crippen LogP contribution in [-0.4, -0.2) is 37.1 Å². The summed E-state index contributed by atoms with van der Waals surface area (Å²) in [5.74, 6) is 0.659. The topological polar surface area (TPSA) is 66.3 Å². The molecule has 1 aliphatic rings. The zero-order valence-electron chi connectivity index (χ0n) is 16.8. The highest BCUT2D eigenvalue weighted by atomic mass is 35.5. The first-order chi connectivity index (χ1) is 15.1. The first-order valence-corrected chi connectivity index (χ1v) is 10.7. The van der Waals surface area contributed by atoms with Crippen molar-refractivity contribution >= 4 is 17.4 Å². The van der Waals surface area contributed by atoms with Gasteiger partial charge in [0.1, 0.15) is 5.82 Å². The van der Waals surface area contributed by atoms with Gasteiger partial charge < -0.3 is 0 Å². The van der Waals surface area contributed by atoms with E-state index in [9.17, 15) is 9.18 Å². The lowest BCUT2D eigenvalue weighted by Crippen LogP contribution is -2.32. The highest BCUT2D eigenvalue weighted by molar-refractivity contribution is 6.31. The normalized spacial score (nSPS) is 16.9. The molecule has 3 heterocycles. The summed E-state index contributed by atoms with van der Waals surface area (Å²) < 4.78 is 15.6. The van der Waals surface area contributed by atoms with E-state index in [4.69, 9.17) is 11.6 Å². The van der Waals surface area contributed by atoms with Gasteiger partial charge in [0.05, 0.1) is 5.69 Å². The number of benzene rings is 2. The van der Waals surface area contributed by atoms with Crippen LogP contribution >= 0.6 is 11.6 Å². The maximum absolute atomic E-state index is 14.3. The van der Waals surface area contributed by atoms with Gasteiger partial charge >= 0.3 is 0 Å². The van der Waals surface area contributed by atoms with Crippen LogP contribution in [0.25, 0.3) is 17.2 Å². The van der Waals surface area contributed by atoms with Crippen LogP contribution in [0.1, 0.15) is 24.1 Å². The van der Waals surface area contributed by atoms with Gasteiger partial charge in [-0.15, -0.1) is 0 Å². The van der Waals surface area contributed by atoms with E-state index in [-0.39, 0.29) is 17.4 Å². The summed E-state index contributed by atoms with van der Waals surface area (Å²) >= 11 is 6.23. The van der Waals surface area contributed by atoms with Crippen molar-refractivity contribution in [1.29, 1.82) is 0 Å². The molecule has 5 rings (SSSR count). The zero-order valence-corrected chi connectivity index (χ0v) is 17.5. The monoisotopic (exact) mass is 437 g/mol. The van der Waals surface area contributed by atoms with Crippen LogP contribution in [0.3, 0.4) is 0 Å². The quantitative estimate of drug-likeness (QED) is 0.511. The number of halogens is 2. The highest BCUT2D eigenvalue weighted by Gasteiger charge is 2.27. The Kier molecular flexibility index (Phi) is 5.29. The Labute approximate surface area is 183 Å². The lowest BCUT2D eigenvalue weighted by molar-refractivity contribution is 0.240. The molecule has 0 radical (unpaired) electrons. The molecule has 0 spiro atoms. The molecule has 0 bridgehead atoms. The smallest absolute Gasteiger partial charge is 0.274 e. The molecule has 1 fully saturated rings. The average Bonchev–Trinajstić information content (AvgIpc) is 3.39. The third kappa shape index (κ3) is 3.98. The molecular formula is C23H21ClFN5O. The number of fused-ring (bicyclic) bond motifs is 1. The molecule has 2 aromatic heterocycles. The molecule has 1 N–H and O–H groups in total. The minimum atomic E-state index is -0.276. The summed E-state index contributed by atoms with van der Waals surface area (Å²) in [6.45, 7) is 1.38. The predicted molar refractivity (Wildman–Crippen MR) is 118 cm³/mol. The lowest BCUT2D eigenvalue weighted by Gasteiger charge is -2.24. The van der Waals surface area contributed by atoms with Crippen LogP contribution < -0.4 is 5.56 Å². The van der Waals surface area contributed by atoms with Crippen LogP contribution in [-0.2, 0) is 13.0 Å². The largest absolute Gasteiger partial charge is 0.294 e. The van der Waals surface area contributed by atoms with Crippen molar-refractivity contribution < 1.29 is 4.39 Å². The van der Waals surface area contributed by atoms with Gasteiger partial charge in [-0.3, -0.25) is 14.8 Å². The first-order valence-electron chi connectivity index (χ1n) is 10.3. The Hall–Kier alpha value is -3.03. The number of hydrogen-bond donors (Lipinski definition) is 1. The highest BCUT2D eigenvalue weighted by Crippen LogP contribution is 2.27. The van der Waals surface area contributed by atoms with E-state index in [1.54, 1.807) is 12.1 Å². The van der Waals surface area contributed by atoms with E-state index in [0.29, 0.717) is 40.8 Å². The Bertz CT molecular complexity index is 1270. The number of likely N-dealkylation sites (tertiary alicyclic amines) is 1. The summed E-state index contributed by atoms with van der Waals surface area (Å²) in [5, 5.41) is 3.47. The zero-order chi connectivity index (χ0) is 21.4. The Morgan fingerprint density at radius 2 is 1.97 bits per heavy atom. The molecule has 0 aliphatic carbocycles. The molecule has 0 amide bonds. The van der Waals surface area contributed by atoms with Gasteiger partial charge in [-0.1, -0.05) is 48.0 Å². The molecule has 8 heteroatoms. The van der Waals surface area contributed by atoms with Crippen LogP contribution in [0.5, 0.6) is 0 Å². The minimum absolute atomic E-state index is 0.147. The molecule has 1 saturated heterocycles. The fourth-order valence-electron chi connectivity index (χ4n) is 4.24. The Balaban J connectivity index is 1.40. The van der Waals surface area contributed by atoms with Gasteiger partial charge in [0.15, 0.2) is 5.82 Å². The summed E-state index contributed by atoms with van der Waals surface area (Å²) in [4.78, 5) is 24.0. The number of rotatable bonds is 5. The molecule has 6 nitrogen and oxygen atoms in total. The van der Waals surface area contributed by atoms with E-state index in [2.05, 4.69) is 20.0 Å². The molecule has 31 heavy (non-hydrogen) atoms. The number of nitrogens with one attached hydrogen (secondary N) is 1. The molecule has 1 unspecified atom stereocenters. The molecule has 1 atom stereocenters. The van der Waals surface area contributed by atoms with Gasteiger partial charge in [0.25, 0.3) is 11.3 Å². The van der Waals surface area contributed by atoms with Gasteiger partial charge in [0, 0.05) is 34.8 Å². The van der Waals surface area contributed by atoms with E-state index >= 15 is 0 Å². The fraction of sp³-hybridized carbons (Fsp3) is 0.261. The average molecular weight is 438 g/mol. The van der Waals surface area contributed by atoms with E-state index in [1.807, 2.05) is 30.3 Å². The third-order valence-electron chi connectivity index (χ3n) is 5.80. The van der Waals surface area contributed by atoms with Crippen molar-refractivity contribution in [2.75, 3.05) is 6.54 Å². The predicted octanol–water partition coefficient (Wildman–Crippen LogP) is 4.08. The number of hydrogen-bond acceptors (Lipinski definition) is 4. The van der Waals surface area contributed by atoms with Crippen molar-refractivity contribution in [3.63, 3.8) is 0 Å². The summed E-state index contributed by atoms with van der Waals surface area (Å²) in [6, 6.07) is 16.1. The minimum Gasteiger partial charge on any atom is -0.294 e. The molecule has 158 valence electrons. The molecule has 4 aromatic rings. The van der Waals surface area contributed by atoms with Crippen LogP contribution in [0.4, 0.5) is 4.39 Å². The van der Waals surface area contributed by atoms with E-state index in [1.165, 1.54) is 16.6 Å². The van der Waals surface area contributed by atoms with Crippen molar-refractivity contribution in [3.8, 4) is 11.4 Å². The van der Waals surface area contributed by atoms with Crippen molar-refractivity contribution in [3.05, 3.63) is 87.0 Å². The summed E-state index contributed by atoms with van der Waals surface area (Å²) in [7, 11) is 0. The van der Waals surface area contributed by atoms with Crippen LogP contribution in [0.2, 0.25) is 5.02 Å². The van der Waals surface area contributed by atoms with Gasteiger partial charge in [-0.25, -0.2) is 9.37 Å². The number of aromatic amines is 1. The number of nitrogens with zero attached hydrogens (tertiary/aromatic N) is 4. The second-order valence-electron chi connectivity index (χ2n) is 7.83. The third-order valence-corrected chi connectivity index (χ3v) is 6.15. The number of H-pyrrole nitrogens is 1. The molecule has 2 aromatic carbocycles. The van der Waals surface area contributed by atoms with Crippen molar-refractivity contribution in [2.24, 2.45) is 0 Å². The maximum Gasteiger partial charge on any atom is 0.274 e. The fourth-order valence-corrected chi connectivity index (χ4v) is 4.48. The summed E-state index contributed by atoms with van der Waals surface area (Å²) in [6.07, 6.45) is 2.50. The maximum atomic E-state index is 14.3. The van der Waals surface area contributed by atoms with Gasteiger partial charge in [-0.05, 0) is 37.9 Å². The van der Waals surface area contributed by atoms with E-state index < -0.39 is 0 Å². The second-order valence-corrected chi connectivity index (χ2v) is 8.24. The number of aromatic nitrogens is 4. The standard InChI is InChI=1S/C23H21ClFN5O/c24-19-9-4-10-20(25)18(19)13-17-8-5-11-29(17)14-16-12-21(31)30-23(26-16)27-22(28-30)15-6-2-1-3-7-15/h1-4,6-7,9-10,12,17H,5,8,11,13-14H2,(H,26,27,28).